The number of methoxy groups -OCH3 is 1. The van der Waals surface area contributed by atoms with Gasteiger partial charge in [0, 0.05) is 30.1 Å². The minimum atomic E-state index is -0.911. The number of benzene rings is 2. The van der Waals surface area contributed by atoms with E-state index in [9.17, 15) is 9.90 Å². The highest BCUT2D eigenvalue weighted by Crippen LogP contribution is 2.50. The molecule has 1 aliphatic carbocycles. The molecule has 0 radical (unpaired) electrons. The summed E-state index contributed by atoms with van der Waals surface area (Å²) in [6.07, 6.45) is 6.22. The third kappa shape index (κ3) is 5.49. The number of carboxylic acids is 1. The smallest absolute Gasteiger partial charge is 0.306 e. The maximum atomic E-state index is 16.1. The molecule has 1 saturated heterocycles. The van der Waals surface area contributed by atoms with E-state index in [1.807, 2.05) is 18.2 Å². The molecule has 3 heterocycles. The molecule has 3 aliphatic rings. The highest BCUT2D eigenvalue weighted by molar-refractivity contribution is 5.71. The topological polar surface area (TPSA) is 71.9 Å². The van der Waals surface area contributed by atoms with Crippen LogP contribution in [0.25, 0.3) is 11.1 Å². The Morgan fingerprint density at radius 2 is 1.95 bits per heavy atom. The third-order valence-corrected chi connectivity index (χ3v) is 9.46. The zero-order chi connectivity index (χ0) is 29.5. The van der Waals surface area contributed by atoms with Gasteiger partial charge in [-0.05, 0) is 85.7 Å². The number of aliphatic carboxylic acids is 1. The number of likely N-dealkylation sites (tertiary alicyclic amines) is 1. The van der Waals surface area contributed by atoms with Crippen LogP contribution in [0.1, 0.15) is 80.2 Å². The van der Waals surface area contributed by atoms with Crippen LogP contribution in [0.2, 0.25) is 0 Å². The predicted molar refractivity (Wildman–Crippen MR) is 156 cm³/mol. The van der Waals surface area contributed by atoms with Crippen molar-refractivity contribution in [1.29, 1.82) is 0 Å². The van der Waals surface area contributed by atoms with Crippen molar-refractivity contribution in [3.8, 4) is 22.8 Å². The molecule has 0 bridgehead atoms. The minimum Gasteiger partial charge on any atom is -0.482 e. The van der Waals surface area contributed by atoms with Crippen molar-refractivity contribution in [2.24, 2.45) is 11.8 Å². The van der Waals surface area contributed by atoms with Gasteiger partial charge in [-0.2, -0.15) is 0 Å². The molecule has 0 amide bonds. The van der Waals surface area contributed by atoms with E-state index in [1.54, 1.807) is 19.1 Å². The number of aromatic nitrogens is 1. The number of nitrogens with zero attached hydrogens (tertiary/aromatic N) is 2. The summed E-state index contributed by atoms with van der Waals surface area (Å²) >= 11 is 0. The summed E-state index contributed by atoms with van der Waals surface area (Å²) in [4.78, 5) is 18.3. The molecule has 1 N–H and O–H groups in total. The van der Waals surface area contributed by atoms with Crippen LogP contribution in [-0.2, 0) is 17.8 Å². The fourth-order valence-corrected chi connectivity index (χ4v) is 6.85. The van der Waals surface area contributed by atoms with Gasteiger partial charge in [-0.15, -0.1) is 0 Å². The van der Waals surface area contributed by atoms with Gasteiger partial charge in [-0.3, -0.25) is 9.69 Å². The average Bonchev–Trinajstić information content (AvgIpc) is 3.75. The van der Waals surface area contributed by atoms with Crippen LogP contribution in [0.3, 0.4) is 0 Å². The quantitative estimate of drug-likeness (QED) is 0.288. The Labute approximate surface area is 245 Å². The van der Waals surface area contributed by atoms with Gasteiger partial charge in [0.2, 0.25) is 5.88 Å². The van der Waals surface area contributed by atoms with Crippen LogP contribution >= 0.6 is 0 Å². The molecular weight excluding hydrogens is 538 g/mol. The number of pyridine rings is 1. The Morgan fingerprint density at radius 3 is 2.64 bits per heavy atom. The summed E-state index contributed by atoms with van der Waals surface area (Å²) in [5.41, 5.74) is 4.33. The number of carboxylic acid groups (broad SMARTS) is 1. The van der Waals surface area contributed by atoms with E-state index in [4.69, 9.17) is 9.47 Å². The zero-order valence-electron chi connectivity index (χ0n) is 24.4. The second-order valence-electron chi connectivity index (χ2n) is 12.2. The molecule has 0 spiro atoms. The first-order chi connectivity index (χ1) is 20.2. The van der Waals surface area contributed by atoms with Gasteiger partial charge in [0.05, 0.1) is 19.2 Å². The van der Waals surface area contributed by atoms with E-state index < -0.39 is 23.5 Å². The van der Waals surface area contributed by atoms with Crippen molar-refractivity contribution in [2.45, 2.75) is 77.0 Å². The van der Waals surface area contributed by atoms with Crippen LogP contribution in [-0.4, -0.2) is 40.7 Å². The molecule has 8 heteroatoms. The van der Waals surface area contributed by atoms with Crippen LogP contribution in [0.4, 0.5) is 8.78 Å². The van der Waals surface area contributed by atoms with Crippen LogP contribution in [0, 0.1) is 23.5 Å². The standard InChI is InChI=1S/C34H38F2N2O4/c1-19-5-4-14-38(19)18-24-15-23(9-11-25(24)27-16-30(41-3)37-17-28(27)35)29-13-10-22-8-12-26(32(36)33(22)42-29)31(21-6-7-21)20(2)34(39)40/h8-9,11-12,15-17,19-21,29,31H,4-7,10,13-14,18H2,1-3H3,(H,39,40)/t19-,20+,29?,31+/m1/s1. The van der Waals surface area contributed by atoms with Crippen molar-refractivity contribution >= 4 is 5.97 Å². The molecule has 42 heavy (non-hydrogen) atoms. The van der Waals surface area contributed by atoms with E-state index in [0.717, 1.165) is 54.5 Å². The fourth-order valence-electron chi connectivity index (χ4n) is 6.85. The van der Waals surface area contributed by atoms with Crippen molar-refractivity contribution in [2.75, 3.05) is 13.7 Å². The summed E-state index contributed by atoms with van der Waals surface area (Å²) in [5.74, 6) is -2.07. The Bertz CT molecular complexity index is 1490. The highest BCUT2D eigenvalue weighted by Gasteiger charge is 2.41. The van der Waals surface area contributed by atoms with Crippen LogP contribution in [0.15, 0.2) is 42.6 Å². The van der Waals surface area contributed by atoms with E-state index in [-0.39, 0.29) is 23.7 Å². The summed E-state index contributed by atoms with van der Waals surface area (Å²) < 4.78 is 42.9. The van der Waals surface area contributed by atoms with Gasteiger partial charge in [0.1, 0.15) is 11.9 Å². The first-order valence-corrected chi connectivity index (χ1v) is 15.0. The molecule has 2 fully saturated rings. The van der Waals surface area contributed by atoms with Crippen molar-refractivity contribution in [1.82, 2.24) is 9.88 Å². The molecule has 4 atom stereocenters. The lowest BCUT2D eigenvalue weighted by Gasteiger charge is -2.30. The SMILES string of the molecule is COc1cc(-c2ccc(C3CCc4ccc([C@H](C5CC5)[C@H](C)C(=O)O)c(F)c4O3)cc2CN2CCC[C@H]2C)c(F)cn1. The molecular formula is C34H38F2N2O4. The van der Waals surface area contributed by atoms with Crippen molar-refractivity contribution in [3.63, 3.8) is 0 Å². The van der Waals surface area contributed by atoms with Gasteiger partial charge in [-0.1, -0.05) is 37.3 Å². The number of carbonyl (C=O) groups is 1. The van der Waals surface area contributed by atoms with Gasteiger partial charge in [-0.25, -0.2) is 13.8 Å². The van der Waals surface area contributed by atoms with E-state index in [1.165, 1.54) is 13.3 Å². The lowest BCUT2D eigenvalue weighted by molar-refractivity contribution is -0.142. The number of ether oxygens (including phenoxy) is 2. The third-order valence-electron chi connectivity index (χ3n) is 9.46. The normalized spacial score (nSPS) is 21.8. The second-order valence-corrected chi connectivity index (χ2v) is 12.2. The summed E-state index contributed by atoms with van der Waals surface area (Å²) in [7, 11) is 1.51. The number of fused-ring (bicyclic) bond motifs is 1. The molecule has 3 aromatic rings. The number of rotatable bonds is 9. The molecule has 6 rings (SSSR count). The monoisotopic (exact) mass is 576 g/mol. The summed E-state index contributed by atoms with van der Waals surface area (Å²) in [6, 6.07) is 11.7. The van der Waals surface area contributed by atoms with Crippen molar-refractivity contribution < 1.29 is 28.2 Å². The molecule has 6 nitrogen and oxygen atoms in total. The van der Waals surface area contributed by atoms with Crippen molar-refractivity contribution in [3.05, 3.63) is 76.5 Å². The summed E-state index contributed by atoms with van der Waals surface area (Å²) in [5, 5.41) is 9.71. The predicted octanol–water partition coefficient (Wildman–Crippen LogP) is 7.30. The maximum absolute atomic E-state index is 16.1. The maximum Gasteiger partial charge on any atom is 0.306 e. The first-order valence-electron chi connectivity index (χ1n) is 15.0. The Kier molecular flexibility index (Phi) is 7.92. The lowest BCUT2D eigenvalue weighted by atomic mass is 9.82. The average molecular weight is 577 g/mol. The Balaban J connectivity index is 1.35. The fraction of sp³-hybridized carbons (Fsp3) is 0.471. The van der Waals surface area contributed by atoms with Gasteiger partial charge in [0.15, 0.2) is 11.6 Å². The Hall–Kier alpha value is -3.52. The van der Waals surface area contributed by atoms with Gasteiger partial charge >= 0.3 is 5.97 Å². The first kappa shape index (κ1) is 28.6. The zero-order valence-corrected chi connectivity index (χ0v) is 24.4. The van der Waals surface area contributed by atoms with Crippen LogP contribution in [0.5, 0.6) is 11.6 Å². The van der Waals surface area contributed by atoms with E-state index in [0.29, 0.717) is 42.4 Å². The number of hydrogen-bond acceptors (Lipinski definition) is 5. The largest absolute Gasteiger partial charge is 0.482 e. The molecule has 1 unspecified atom stereocenters. The number of hydrogen-bond donors (Lipinski definition) is 1. The van der Waals surface area contributed by atoms with Crippen LogP contribution < -0.4 is 9.47 Å². The highest BCUT2D eigenvalue weighted by atomic mass is 19.1. The van der Waals surface area contributed by atoms with E-state index in [2.05, 4.69) is 22.9 Å². The van der Waals surface area contributed by atoms with Gasteiger partial charge < -0.3 is 14.6 Å². The second kappa shape index (κ2) is 11.6. The van der Waals surface area contributed by atoms with E-state index >= 15 is 8.78 Å². The molecule has 2 aromatic carbocycles. The molecule has 2 aliphatic heterocycles. The molecule has 1 aromatic heterocycles. The number of aryl methyl sites for hydroxylation is 1. The molecule has 222 valence electrons. The summed E-state index contributed by atoms with van der Waals surface area (Å²) in [6.45, 7) is 5.52. The minimum absolute atomic E-state index is 0.179. The molecule has 1 saturated carbocycles. The Morgan fingerprint density at radius 1 is 1.14 bits per heavy atom. The lowest BCUT2D eigenvalue weighted by Crippen LogP contribution is -2.26. The van der Waals surface area contributed by atoms with Gasteiger partial charge in [0.25, 0.3) is 0 Å². The number of halogens is 2.